The van der Waals surface area contributed by atoms with E-state index in [2.05, 4.69) is 10.3 Å². The van der Waals surface area contributed by atoms with Crippen molar-refractivity contribution in [3.05, 3.63) is 77.1 Å². The topological polar surface area (TPSA) is 62.3 Å². The van der Waals surface area contributed by atoms with E-state index in [1.54, 1.807) is 17.0 Å². The second kappa shape index (κ2) is 8.47. The van der Waals surface area contributed by atoms with Gasteiger partial charge in [0.2, 0.25) is 11.8 Å². The molecule has 2 aromatic carbocycles. The zero-order chi connectivity index (χ0) is 22.1. The number of amides is 2. The molecular weight excluding hydrogens is 425 g/mol. The summed E-state index contributed by atoms with van der Waals surface area (Å²) < 4.78 is 14.7. The van der Waals surface area contributed by atoms with Crippen LogP contribution < -0.4 is 5.32 Å². The number of aromatic nitrogens is 1. The Labute approximate surface area is 190 Å². The first-order valence-electron chi connectivity index (χ1n) is 10.9. The maximum atomic E-state index is 14.7. The Hall–Kier alpha value is -3.06. The van der Waals surface area contributed by atoms with Crippen molar-refractivity contribution >= 4 is 23.2 Å². The van der Waals surface area contributed by atoms with E-state index in [0.717, 1.165) is 29.1 Å². The maximum Gasteiger partial charge on any atom is 0.228 e. The second-order valence-electron chi connectivity index (χ2n) is 8.59. The Morgan fingerprint density at radius 3 is 2.75 bits per heavy atom. The van der Waals surface area contributed by atoms with E-state index in [9.17, 15) is 14.0 Å². The van der Waals surface area contributed by atoms with Gasteiger partial charge in [0.15, 0.2) is 0 Å². The van der Waals surface area contributed by atoms with E-state index in [1.165, 1.54) is 17.4 Å². The third-order valence-corrected chi connectivity index (χ3v) is 7.44. The number of halogens is 1. The van der Waals surface area contributed by atoms with Gasteiger partial charge in [0.05, 0.1) is 17.7 Å². The molecular formula is C25H24FN3O2S. The van der Waals surface area contributed by atoms with Crippen molar-refractivity contribution in [2.45, 2.75) is 37.1 Å². The van der Waals surface area contributed by atoms with Crippen molar-refractivity contribution in [1.82, 2.24) is 15.2 Å². The summed E-state index contributed by atoms with van der Waals surface area (Å²) in [7, 11) is 0. The molecule has 2 aliphatic rings. The zero-order valence-corrected chi connectivity index (χ0v) is 18.4. The van der Waals surface area contributed by atoms with Crippen LogP contribution in [0.1, 0.15) is 36.4 Å². The number of thiazole rings is 1. The molecule has 2 fully saturated rings. The van der Waals surface area contributed by atoms with Crippen LogP contribution >= 0.6 is 11.3 Å². The van der Waals surface area contributed by atoms with Gasteiger partial charge < -0.3 is 10.2 Å². The van der Waals surface area contributed by atoms with Gasteiger partial charge in [-0.15, -0.1) is 11.3 Å². The smallest absolute Gasteiger partial charge is 0.228 e. The summed E-state index contributed by atoms with van der Waals surface area (Å²) in [5.74, 6) is -0.642. The maximum absolute atomic E-state index is 14.7. The molecule has 32 heavy (non-hydrogen) atoms. The molecule has 3 aromatic rings. The number of rotatable bonds is 4. The molecule has 7 heteroatoms. The standard InChI is InChI=1S/C25H24FN3O2S/c26-21-10-5-4-9-19(21)20-14-29(16-25(20)12-6-11-22(30)28-25)23(31)13-18-15-32-24(27-18)17-7-2-1-3-8-17/h1-5,7-10,15,20H,6,11-14,16H2,(H,28,30)/t20-,25+/m0/s1. The number of likely N-dealkylation sites (tertiary alicyclic amines) is 1. The highest BCUT2D eigenvalue weighted by atomic mass is 32.1. The number of carbonyl (C=O) groups excluding carboxylic acids is 2. The Morgan fingerprint density at radius 1 is 1.19 bits per heavy atom. The summed E-state index contributed by atoms with van der Waals surface area (Å²) >= 11 is 1.52. The number of piperidine rings is 1. The summed E-state index contributed by atoms with van der Waals surface area (Å²) in [6.45, 7) is 0.780. The minimum Gasteiger partial charge on any atom is -0.348 e. The van der Waals surface area contributed by atoms with E-state index in [-0.39, 0.29) is 30.0 Å². The first-order chi connectivity index (χ1) is 15.5. The quantitative estimate of drug-likeness (QED) is 0.651. The molecule has 3 heterocycles. The summed E-state index contributed by atoms with van der Waals surface area (Å²) in [6.07, 6.45) is 2.14. The lowest BCUT2D eigenvalue weighted by atomic mass is 9.76. The van der Waals surface area contributed by atoms with Gasteiger partial charge in [0.25, 0.3) is 0 Å². The van der Waals surface area contributed by atoms with Crippen molar-refractivity contribution < 1.29 is 14.0 Å². The molecule has 2 saturated heterocycles. The van der Waals surface area contributed by atoms with E-state index < -0.39 is 5.54 Å². The molecule has 1 aromatic heterocycles. The highest BCUT2D eigenvalue weighted by molar-refractivity contribution is 7.13. The number of nitrogens with zero attached hydrogens (tertiary/aromatic N) is 2. The number of carbonyl (C=O) groups is 2. The van der Waals surface area contributed by atoms with Gasteiger partial charge in [-0.05, 0) is 24.5 Å². The predicted octanol–water partition coefficient (Wildman–Crippen LogP) is 4.16. The SMILES string of the molecule is O=C1CCC[C@]2(CN(C(=O)Cc3csc(-c4ccccc4)n3)C[C@H]2c2ccccc2F)N1. The van der Waals surface area contributed by atoms with Crippen molar-refractivity contribution in [3.63, 3.8) is 0 Å². The molecule has 1 spiro atoms. The van der Waals surface area contributed by atoms with Gasteiger partial charge >= 0.3 is 0 Å². The second-order valence-corrected chi connectivity index (χ2v) is 9.45. The molecule has 5 nitrogen and oxygen atoms in total. The molecule has 2 atom stereocenters. The third kappa shape index (κ3) is 3.93. The molecule has 1 N–H and O–H groups in total. The Morgan fingerprint density at radius 2 is 1.97 bits per heavy atom. The minimum absolute atomic E-state index is 0.0288. The van der Waals surface area contributed by atoms with Crippen LogP contribution in [0.3, 0.4) is 0 Å². The normalized spacial score (nSPS) is 22.8. The number of hydrogen-bond donors (Lipinski definition) is 1. The summed E-state index contributed by atoms with van der Waals surface area (Å²) in [5, 5.41) is 5.93. The molecule has 0 saturated carbocycles. The average molecular weight is 450 g/mol. The lowest BCUT2D eigenvalue weighted by Gasteiger charge is -2.39. The lowest BCUT2D eigenvalue weighted by Crippen LogP contribution is -2.56. The fourth-order valence-corrected chi connectivity index (χ4v) is 5.80. The highest BCUT2D eigenvalue weighted by Gasteiger charge is 2.51. The predicted molar refractivity (Wildman–Crippen MR) is 122 cm³/mol. The Bertz CT molecular complexity index is 1150. The average Bonchev–Trinajstić information content (AvgIpc) is 3.40. The third-order valence-electron chi connectivity index (χ3n) is 6.50. The first-order valence-corrected chi connectivity index (χ1v) is 11.8. The van der Waals surface area contributed by atoms with E-state index >= 15 is 0 Å². The first kappa shape index (κ1) is 20.8. The molecule has 164 valence electrons. The minimum atomic E-state index is -0.621. The van der Waals surface area contributed by atoms with Crippen LogP contribution in [0.2, 0.25) is 0 Å². The molecule has 2 aliphatic heterocycles. The summed E-state index contributed by atoms with van der Waals surface area (Å²) in [4.78, 5) is 31.9. The van der Waals surface area contributed by atoms with Crippen LogP contribution in [-0.2, 0) is 16.0 Å². The van der Waals surface area contributed by atoms with Crippen LogP contribution in [0.15, 0.2) is 60.0 Å². The van der Waals surface area contributed by atoms with Crippen LogP contribution in [0.5, 0.6) is 0 Å². The van der Waals surface area contributed by atoms with Crippen molar-refractivity contribution in [3.8, 4) is 10.6 Å². The van der Waals surface area contributed by atoms with E-state index in [0.29, 0.717) is 25.1 Å². The van der Waals surface area contributed by atoms with Crippen LogP contribution in [0, 0.1) is 5.82 Å². The Balaban J connectivity index is 1.37. The molecule has 0 unspecified atom stereocenters. The van der Waals surface area contributed by atoms with E-state index in [1.807, 2.05) is 41.8 Å². The highest BCUT2D eigenvalue weighted by Crippen LogP contribution is 2.42. The van der Waals surface area contributed by atoms with Gasteiger partial charge in [0.1, 0.15) is 10.8 Å². The number of benzene rings is 2. The summed E-state index contributed by atoms with van der Waals surface area (Å²) in [5.41, 5.74) is 1.70. The molecule has 0 bridgehead atoms. The van der Waals surface area contributed by atoms with Crippen LogP contribution in [0.25, 0.3) is 10.6 Å². The van der Waals surface area contributed by atoms with Crippen LogP contribution in [0.4, 0.5) is 4.39 Å². The fourth-order valence-electron chi connectivity index (χ4n) is 4.97. The lowest BCUT2D eigenvalue weighted by molar-refractivity contribution is -0.131. The molecule has 5 rings (SSSR count). The van der Waals surface area contributed by atoms with Crippen LogP contribution in [-0.4, -0.2) is 40.3 Å². The van der Waals surface area contributed by atoms with Gasteiger partial charge in [-0.3, -0.25) is 9.59 Å². The van der Waals surface area contributed by atoms with Gasteiger partial charge in [-0.1, -0.05) is 48.5 Å². The van der Waals surface area contributed by atoms with E-state index in [4.69, 9.17) is 0 Å². The largest absolute Gasteiger partial charge is 0.348 e. The Kier molecular flexibility index (Phi) is 5.51. The van der Waals surface area contributed by atoms with Crippen molar-refractivity contribution in [2.24, 2.45) is 0 Å². The molecule has 2 amide bonds. The number of hydrogen-bond acceptors (Lipinski definition) is 4. The molecule has 0 aliphatic carbocycles. The van der Waals surface area contributed by atoms with Gasteiger partial charge in [-0.25, -0.2) is 9.37 Å². The fraction of sp³-hybridized carbons (Fsp3) is 0.320. The summed E-state index contributed by atoms with van der Waals surface area (Å²) in [6, 6.07) is 16.6. The zero-order valence-electron chi connectivity index (χ0n) is 17.6. The van der Waals surface area contributed by atoms with Crippen molar-refractivity contribution in [2.75, 3.05) is 13.1 Å². The van der Waals surface area contributed by atoms with Crippen molar-refractivity contribution in [1.29, 1.82) is 0 Å². The van der Waals surface area contributed by atoms with Gasteiger partial charge in [-0.2, -0.15) is 0 Å². The molecule has 0 radical (unpaired) electrons. The number of nitrogens with one attached hydrogen (secondary N) is 1. The van der Waals surface area contributed by atoms with Gasteiger partial charge in [0, 0.05) is 36.4 Å². The monoisotopic (exact) mass is 449 g/mol.